The molecule has 0 atom stereocenters. The van der Waals surface area contributed by atoms with Crippen molar-refractivity contribution in [3.63, 3.8) is 0 Å². The van der Waals surface area contributed by atoms with Gasteiger partial charge in [-0.1, -0.05) is 42.0 Å². The lowest BCUT2D eigenvalue weighted by atomic mass is 10.2. The van der Waals surface area contributed by atoms with E-state index in [4.69, 9.17) is 4.74 Å². The second kappa shape index (κ2) is 10.3. The van der Waals surface area contributed by atoms with Crippen molar-refractivity contribution in [2.45, 2.75) is 25.7 Å². The van der Waals surface area contributed by atoms with E-state index in [0.29, 0.717) is 5.69 Å². The minimum atomic E-state index is -4.03. The molecule has 0 aliphatic rings. The number of esters is 1. The minimum Gasteiger partial charge on any atom is -0.462 e. The van der Waals surface area contributed by atoms with E-state index in [-0.39, 0.29) is 22.8 Å². The van der Waals surface area contributed by atoms with Crippen molar-refractivity contribution in [3.8, 4) is 0 Å². The number of hydrogen-bond donors (Lipinski definition) is 1. The Balaban J connectivity index is 1.94. The highest BCUT2D eigenvalue weighted by Gasteiger charge is 2.28. The summed E-state index contributed by atoms with van der Waals surface area (Å²) in [6.07, 6.45) is 0. The Bertz CT molecular complexity index is 1250. The van der Waals surface area contributed by atoms with Gasteiger partial charge < -0.3 is 10.1 Å². The SMILES string of the molecule is CCOC(=O)c1ccccc1NC(=O)CN(c1cccc(C)c1)S(=O)(=O)c1ccc(C)cc1. The summed E-state index contributed by atoms with van der Waals surface area (Å²) in [6, 6.07) is 19.8. The zero-order valence-electron chi connectivity index (χ0n) is 18.7. The molecule has 0 radical (unpaired) electrons. The van der Waals surface area contributed by atoms with Gasteiger partial charge in [0.25, 0.3) is 10.0 Å². The van der Waals surface area contributed by atoms with Gasteiger partial charge in [0.05, 0.1) is 28.4 Å². The van der Waals surface area contributed by atoms with E-state index in [1.165, 1.54) is 18.2 Å². The van der Waals surface area contributed by atoms with Gasteiger partial charge in [-0.05, 0) is 62.7 Å². The van der Waals surface area contributed by atoms with Gasteiger partial charge >= 0.3 is 5.97 Å². The van der Waals surface area contributed by atoms with Crippen LogP contribution in [-0.4, -0.2) is 33.4 Å². The monoisotopic (exact) mass is 466 g/mol. The van der Waals surface area contributed by atoms with Crippen LogP contribution in [-0.2, 0) is 19.6 Å². The molecule has 0 unspecified atom stereocenters. The van der Waals surface area contributed by atoms with Crippen LogP contribution in [0.3, 0.4) is 0 Å². The molecule has 33 heavy (non-hydrogen) atoms. The average molecular weight is 467 g/mol. The summed E-state index contributed by atoms with van der Waals surface area (Å²) >= 11 is 0. The zero-order valence-corrected chi connectivity index (χ0v) is 19.6. The van der Waals surface area contributed by atoms with E-state index in [1.54, 1.807) is 55.5 Å². The maximum absolute atomic E-state index is 13.5. The number of aryl methyl sites for hydroxylation is 2. The molecular weight excluding hydrogens is 440 g/mol. The van der Waals surface area contributed by atoms with Crippen molar-refractivity contribution in [3.05, 3.63) is 89.5 Å². The van der Waals surface area contributed by atoms with E-state index in [9.17, 15) is 18.0 Å². The molecule has 0 aliphatic carbocycles. The third kappa shape index (κ3) is 5.78. The Morgan fingerprint density at radius 3 is 2.27 bits per heavy atom. The van der Waals surface area contributed by atoms with Gasteiger partial charge in [-0.15, -0.1) is 0 Å². The van der Waals surface area contributed by atoms with E-state index >= 15 is 0 Å². The topological polar surface area (TPSA) is 92.8 Å². The summed E-state index contributed by atoms with van der Waals surface area (Å²) in [4.78, 5) is 25.3. The smallest absolute Gasteiger partial charge is 0.340 e. The normalized spacial score (nSPS) is 11.0. The predicted molar refractivity (Wildman–Crippen MR) is 128 cm³/mol. The fraction of sp³-hybridized carbons (Fsp3) is 0.200. The fourth-order valence-electron chi connectivity index (χ4n) is 3.23. The third-order valence-corrected chi connectivity index (χ3v) is 6.67. The van der Waals surface area contributed by atoms with Gasteiger partial charge in [0.2, 0.25) is 5.91 Å². The first-order valence-corrected chi connectivity index (χ1v) is 11.9. The second-order valence-corrected chi connectivity index (χ2v) is 9.34. The van der Waals surface area contributed by atoms with Crippen molar-refractivity contribution in [2.24, 2.45) is 0 Å². The van der Waals surface area contributed by atoms with Gasteiger partial charge in [0, 0.05) is 0 Å². The summed E-state index contributed by atoms with van der Waals surface area (Å²) in [5.41, 5.74) is 2.58. The van der Waals surface area contributed by atoms with Crippen LogP contribution < -0.4 is 9.62 Å². The summed E-state index contributed by atoms with van der Waals surface area (Å²) in [6.45, 7) is 5.11. The summed E-state index contributed by atoms with van der Waals surface area (Å²) in [5, 5.41) is 2.65. The molecule has 0 aliphatic heterocycles. The quantitative estimate of drug-likeness (QED) is 0.499. The largest absolute Gasteiger partial charge is 0.462 e. The molecule has 8 heteroatoms. The minimum absolute atomic E-state index is 0.0781. The number of rotatable bonds is 8. The molecule has 0 heterocycles. The van der Waals surface area contributed by atoms with Crippen molar-refractivity contribution >= 4 is 33.3 Å². The molecule has 0 bridgehead atoms. The van der Waals surface area contributed by atoms with Crippen molar-refractivity contribution in [1.29, 1.82) is 0 Å². The first-order valence-electron chi connectivity index (χ1n) is 10.4. The Morgan fingerprint density at radius 2 is 1.61 bits per heavy atom. The summed E-state index contributed by atoms with van der Waals surface area (Å²) in [5.74, 6) is -1.17. The van der Waals surface area contributed by atoms with Crippen LogP contribution in [0.1, 0.15) is 28.4 Å². The number of para-hydroxylation sites is 1. The van der Waals surface area contributed by atoms with Gasteiger partial charge in [-0.2, -0.15) is 0 Å². The zero-order chi connectivity index (χ0) is 24.0. The van der Waals surface area contributed by atoms with E-state index in [0.717, 1.165) is 15.4 Å². The van der Waals surface area contributed by atoms with Crippen molar-refractivity contribution in [2.75, 3.05) is 22.8 Å². The van der Waals surface area contributed by atoms with Crippen LogP contribution in [0.25, 0.3) is 0 Å². The van der Waals surface area contributed by atoms with Crippen LogP contribution in [0.2, 0.25) is 0 Å². The van der Waals surface area contributed by atoms with Gasteiger partial charge in [0.1, 0.15) is 6.54 Å². The highest BCUT2D eigenvalue weighted by atomic mass is 32.2. The number of anilines is 2. The Kier molecular flexibility index (Phi) is 7.50. The summed E-state index contributed by atoms with van der Waals surface area (Å²) in [7, 11) is -4.03. The molecule has 3 rings (SSSR count). The number of ether oxygens (including phenoxy) is 1. The standard InChI is InChI=1S/C25H26N2O5S/c1-4-32-25(29)22-10-5-6-11-23(22)26-24(28)17-27(20-9-7-8-19(3)16-20)33(30,31)21-14-12-18(2)13-15-21/h5-16H,4,17H2,1-3H3,(H,26,28). The van der Waals surface area contributed by atoms with Crippen LogP contribution in [0.4, 0.5) is 11.4 Å². The Labute approximate surface area is 194 Å². The molecule has 3 aromatic rings. The van der Waals surface area contributed by atoms with Crippen LogP contribution >= 0.6 is 0 Å². The number of amides is 1. The first kappa shape index (κ1) is 24.0. The molecule has 1 N–H and O–H groups in total. The molecule has 0 aromatic heterocycles. The van der Waals surface area contributed by atoms with Crippen LogP contribution in [0, 0.1) is 13.8 Å². The lowest BCUT2D eigenvalue weighted by Gasteiger charge is -2.24. The van der Waals surface area contributed by atoms with Crippen molar-refractivity contribution < 1.29 is 22.7 Å². The van der Waals surface area contributed by atoms with Crippen LogP contribution in [0.5, 0.6) is 0 Å². The molecule has 0 fully saturated rings. The molecule has 1 amide bonds. The number of nitrogens with one attached hydrogen (secondary N) is 1. The molecule has 172 valence electrons. The number of sulfonamides is 1. The van der Waals surface area contributed by atoms with Gasteiger partial charge in [0.15, 0.2) is 0 Å². The second-order valence-electron chi connectivity index (χ2n) is 7.48. The highest BCUT2D eigenvalue weighted by molar-refractivity contribution is 7.92. The van der Waals surface area contributed by atoms with Crippen molar-refractivity contribution in [1.82, 2.24) is 0 Å². The Morgan fingerprint density at radius 1 is 0.909 bits per heavy atom. The predicted octanol–water partition coefficient (Wildman–Crippen LogP) is 4.31. The van der Waals surface area contributed by atoms with E-state index in [1.807, 2.05) is 19.9 Å². The molecule has 0 saturated heterocycles. The Hall–Kier alpha value is -3.65. The van der Waals surface area contributed by atoms with Gasteiger partial charge in [-0.3, -0.25) is 9.10 Å². The number of carbonyl (C=O) groups is 2. The molecular formula is C25H26N2O5S. The van der Waals surface area contributed by atoms with E-state index in [2.05, 4.69) is 5.32 Å². The molecule has 0 spiro atoms. The fourth-order valence-corrected chi connectivity index (χ4v) is 4.65. The van der Waals surface area contributed by atoms with Gasteiger partial charge in [-0.25, -0.2) is 13.2 Å². The third-order valence-electron chi connectivity index (χ3n) is 4.88. The molecule has 3 aromatic carbocycles. The number of benzene rings is 3. The van der Waals surface area contributed by atoms with Crippen LogP contribution in [0.15, 0.2) is 77.7 Å². The number of hydrogen-bond acceptors (Lipinski definition) is 5. The summed E-state index contributed by atoms with van der Waals surface area (Å²) < 4.78 is 33.1. The molecule has 7 nitrogen and oxygen atoms in total. The first-order chi connectivity index (χ1) is 15.7. The maximum Gasteiger partial charge on any atom is 0.340 e. The lowest BCUT2D eigenvalue weighted by Crippen LogP contribution is -2.38. The van der Waals surface area contributed by atoms with E-state index < -0.39 is 28.4 Å². The maximum atomic E-state index is 13.5. The number of carbonyl (C=O) groups excluding carboxylic acids is 2. The lowest BCUT2D eigenvalue weighted by molar-refractivity contribution is -0.114. The number of nitrogens with zero attached hydrogens (tertiary/aromatic N) is 1. The highest BCUT2D eigenvalue weighted by Crippen LogP contribution is 2.25. The molecule has 0 saturated carbocycles. The average Bonchev–Trinajstić information content (AvgIpc) is 2.78.